The number of benzene rings is 1. The molecule has 1 N–H and O–H groups in total. The molecule has 33 heavy (non-hydrogen) atoms. The van der Waals surface area contributed by atoms with Crippen molar-refractivity contribution in [3.05, 3.63) is 78.2 Å². The van der Waals surface area contributed by atoms with Crippen molar-refractivity contribution < 1.29 is 9.18 Å². The van der Waals surface area contributed by atoms with Crippen molar-refractivity contribution >= 4 is 11.7 Å². The number of piperazine rings is 1. The van der Waals surface area contributed by atoms with Crippen LogP contribution in [0.3, 0.4) is 0 Å². The van der Waals surface area contributed by atoms with E-state index in [1.165, 1.54) is 17.7 Å². The van der Waals surface area contributed by atoms with E-state index in [1.54, 1.807) is 12.1 Å². The van der Waals surface area contributed by atoms with Gasteiger partial charge in [0, 0.05) is 62.5 Å². The van der Waals surface area contributed by atoms with Crippen molar-refractivity contribution in [2.75, 3.05) is 32.7 Å². The molecule has 3 unspecified atom stereocenters. The number of hydrogen-bond donors (Lipinski definition) is 1. The minimum atomic E-state index is -0.326. The summed E-state index contributed by atoms with van der Waals surface area (Å²) in [6, 6.07) is 6.06. The van der Waals surface area contributed by atoms with Crippen LogP contribution in [0.1, 0.15) is 41.2 Å². The zero-order valence-corrected chi connectivity index (χ0v) is 18.8. The summed E-state index contributed by atoms with van der Waals surface area (Å²) in [5.74, 6) is 1.14. The summed E-state index contributed by atoms with van der Waals surface area (Å²) in [5, 5.41) is 7.93. The monoisotopic (exact) mass is 448 g/mol. The van der Waals surface area contributed by atoms with Gasteiger partial charge in [-0.15, -0.1) is 0 Å². The average Bonchev–Trinajstić information content (AvgIpc) is 3.53. The summed E-state index contributed by atoms with van der Waals surface area (Å²) in [6.45, 7) is 6.08. The van der Waals surface area contributed by atoms with Crippen LogP contribution >= 0.6 is 0 Å². The second-order valence-corrected chi connectivity index (χ2v) is 8.83. The van der Waals surface area contributed by atoms with Gasteiger partial charge >= 0.3 is 0 Å². The second kappa shape index (κ2) is 9.31. The lowest BCUT2D eigenvalue weighted by molar-refractivity contribution is 0.0615. The minimum Gasteiger partial charge on any atom is -0.350 e. The van der Waals surface area contributed by atoms with E-state index < -0.39 is 0 Å². The molecule has 1 aromatic heterocycles. The van der Waals surface area contributed by atoms with Gasteiger partial charge in [0.05, 0.1) is 12.2 Å². The van der Waals surface area contributed by atoms with E-state index in [-0.39, 0.29) is 29.6 Å². The molecule has 1 fully saturated rings. The summed E-state index contributed by atoms with van der Waals surface area (Å²) in [6.07, 6.45) is 13.3. The van der Waals surface area contributed by atoms with Gasteiger partial charge in [0.25, 0.3) is 5.91 Å². The molecule has 0 saturated carbocycles. The highest BCUT2D eigenvalue weighted by atomic mass is 19.1. The predicted octanol–water partition coefficient (Wildman–Crippen LogP) is 3.17. The second-order valence-electron chi connectivity index (χ2n) is 8.83. The van der Waals surface area contributed by atoms with Gasteiger partial charge in [-0.1, -0.05) is 19.1 Å². The highest BCUT2D eigenvalue weighted by Crippen LogP contribution is 2.33. The van der Waals surface area contributed by atoms with Crippen molar-refractivity contribution in [1.29, 1.82) is 0 Å². The lowest BCUT2D eigenvalue weighted by Gasteiger charge is -2.36. The first-order valence-corrected chi connectivity index (χ1v) is 11.6. The Morgan fingerprint density at radius 3 is 2.70 bits per heavy atom. The Kier molecular flexibility index (Phi) is 6.09. The molecule has 5 rings (SSSR count). The van der Waals surface area contributed by atoms with E-state index in [9.17, 15) is 9.18 Å². The maximum absolute atomic E-state index is 13.2. The van der Waals surface area contributed by atoms with Gasteiger partial charge in [0.15, 0.2) is 0 Å². The molecule has 3 aliphatic rings. The summed E-state index contributed by atoms with van der Waals surface area (Å²) < 4.78 is 15.2. The van der Waals surface area contributed by atoms with E-state index in [2.05, 4.69) is 45.2 Å². The number of aromatic nitrogens is 2. The number of amidine groups is 1. The molecule has 4 heterocycles. The number of nitrogens with zero attached hydrogens (tertiary/aromatic N) is 5. The fraction of sp³-hybridized carbons (Fsp3) is 0.400. The number of halogens is 1. The van der Waals surface area contributed by atoms with E-state index in [1.807, 2.05) is 23.5 Å². The summed E-state index contributed by atoms with van der Waals surface area (Å²) >= 11 is 0. The van der Waals surface area contributed by atoms with Crippen LogP contribution in [0.5, 0.6) is 0 Å². The number of fused-ring (bicyclic) bond motifs is 1. The molecular formula is C25H29FN6O. The van der Waals surface area contributed by atoms with E-state index >= 15 is 0 Å². The zero-order chi connectivity index (χ0) is 22.8. The number of nitrogens with one attached hydrogen (secondary N) is 1. The largest absolute Gasteiger partial charge is 0.350 e. The maximum atomic E-state index is 13.2. The topological polar surface area (TPSA) is 65.8 Å². The number of rotatable bonds is 6. The van der Waals surface area contributed by atoms with E-state index in [0.29, 0.717) is 18.7 Å². The Bertz CT molecular complexity index is 1080. The predicted molar refractivity (Wildman–Crippen MR) is 125 cm³/mol. The van der Waals surface area contributed by atoms with E-state index in [4.69, 9.17) is 5.10 Å². The van der Waals surface area contributed by atoms with Gasteiger partial charge in [-0.05, 0) is 42.4 Å². The van der Waals surface area contributed by atoms with Crippen LogP contribution in [0, 0.1) is 11.7 Å². The summed E-state index contributed by atoms with van der Waals surface area (Å²) in [4.78, 5) is 21.4. The van der Waals surface area contributed by atoms with Crippen LogP contribution in [0.4, 0.5) is 4.39 Å². The molecule has 3 atom stereocenters. The van der Waals surface area contributed by atoms with Gasteiger partial charge in [-0.3, -0.25) is 14.4 Å². The first kappa shape index (κ1) is 21.6. The standard InChI is InChI=1S/C25H29FN6O/c1-2-21(32-16-19(15-29-32)22-7-9-27-24-23(22)8-10-28-24)17-30-11-13-31(14-12-30)25(33)18-3-5-20(26)6-4-18/h3-10,15-16,21-23H,2,11-14,17H2,1H3,(H,27,28). The molecule has 1 amide bonds. The van der Waals surface area contributed by atoms with Crippen LogP contribution in [0.25, 0.3) is 0 Å². The first-order valence-electron chi connectivity index (χ1n) is 11.6. The lowest BCUT2D eigenvalue weighted by atomic mass is 9.86. The van der Waals surface area contributed by atoms with Crippen molar-refractivity contribution in [3.8, 4) is 0 Å². The third-order valence-corrected chi connectivity index (χ3v) is 6.82. The van der Waals surface area contributed by atoms with Gasteiger partial charge < -0.3 is 10.2 Å². The first-order chi connectivity index (χ1) is 16.1. The van der Waals surface area contributed by atoms with Crippen molar-refractivity contribution in [1.82, 2.24) is 24.9 Å². The SMILES string of the molecule is CCC(CN1CCN(C(=O)c2ccc(F)cc2)CC1)n1cc(C2C=CN=C3NC=CC32)cn1. The molecular weight excluding hydrogens is 419 g/mol. The zero-order valence-electron chi connectivity index (χ0n) is 18.8. The number of hydrogen-bond acceptors (Lipinski definition) is 5. The third-order valence-electron chi connectivity index (χ3n) is 6.82. The molecule has 1 saturated heterocycles. The van der Waals surface area contributed by atoms with E-state index in [0.717, 1.165) is 31.9 Å². The molecule has 2 aromatic rings. The van der Waals surface area contributed by atoms with Crippen molar-refractivity contribution in [2.45, 2.75) is 25.3 Å². The molecule has 7 nitrogen and oxygen atoms in total. The number of carbonyl (C=O) groups excluding carboxylic acids is 1. The quantitative estimate of drug-likeness (QED) is 0.737. The molecule has 0 radical (unpaired) electrons. The van der Waals surface area contributed by atoms with Gasteiger partial charge in [0.1, 0.15) is 11.7 Å². The molecule has 3 aliphatic heterocycles. The Morgan fingerprint density at radius 2 is 1.94 bits per heavy atom. The van der Waals surface area contributed by atoms with Crippen LogP contribution in [-0.2, 0) is 0 Å². The molecule has 0 bridgehead atoms. The molecule has 8 heteroatoms. The normalized spacial score (nSPS) is 23.2. The number of carbonyl (C=O) groups is 1. The summed E-state index contributed by atoms with van der Waals surface area (Å²) in [5.41, 5.74) is 1.74. The van der Waals surface area contributed by atoms with Crippen LogP contribution in [-0.4, -0.2) is 64.0 Å². The molecule has 0 spiro atoms. The Labute approximate surface area is 193 Å². The Hall–Kier alpha value is -3.26. The number of aliphatic imine (C=N–C) groups is 1. The van der Waals surface area contributed by atoms with Gasteiger partial charge in [-0.25, -0.2) is 9.38 Å². The highest BCUT2D eigenvalue weighted by molar-refractivity contribution is 5.94. The highest BCUT2D eigenvalue weighted by Gasteiger charge is 2.30. The Morgan fingerprint density at radius 1 is 1.15 bits per heavy atom. The smallest absolute Gasteiger partial charge is 0.253 e. The summed E-state index contributed by atoms with van der Waals surface area (Å²) in [7, 11) is 0. The van der Waals surface area contributed by atoms with Crippen molar-refractivity contribution in [2.24, 2.45) is 10.9 Å². The third kappa shape index (κ3) is 4.48. The lowest BCUT2D eigenvalue weighted by Crippen LogP contribution is -2.49. The fourth-order valence-corrected chi connectivity index (χ4v) is 4.82. The Balaban J connectivity index is 1.18. The molecule has 1 aromatic carbocycles. The van der Waals surface area contributed by atoms with Gasteiger partial charge in [-0.2, -0.15) is 5.10 Å². The van der Waals surface area contributed by atoms with Crippen LogP contribution in [0.2, 0.25) is 0 Å². The fourth-order valence-electron chi connectivity index (χ4n) is 4.82. The number of allylic oxidation sites excluding steroid dienone is 1. The van der Waals surface area contributed by atoms with Crippen molar-refractivity contribution in [3.63, 3.8) is 0 Å². The average molecular weight is 449 g/mol. The molecule has 0 aliphatic carbocycles. The van der Waals surface area contributed by atoms with Crippen LogP contribution < -0.4 is 5.32 Å². The minimum absolute atomic E-state index is 0.0303. The maximum Gasteiger partial charge on any atom is 0.253 e. The van der Waals surface area contributed by atoms with Gasteiger partial charge in [0.2, 0.25) is 0 Å². The number of amides is 1. The van der Waals surface area contributed by atoms with Crippen LogP contribution in [0.15, 0.2) is 66.2 Å². The molecule has 172 valence electrons.